The third kappa shape index (κ3) is 2.81. The normalized spacial score (nSPS) is 12.7. The van der Waals surface area contributed by atoms with Crippen molar-refractivity contribution in [2.24, 2.45) is 12.8 Å². The van der Waals surface area contributed by atoms with E-state index in [0.717, 1.165) is 16.1 Å². The fourth-order valence-electron chi connectivity index (χ4n) is 1.56. The van der Waals surface area contributed by atoms with Crippen molar-refractivity contribution in [3.8, 4) is 0 Å². The van der Waals surface area contributed by atoms with Crippen molar-refractivity contribution >= 4 is 11.6 Å². The fraction of sp³-hybridized carbons (Fsp3) is 0.364. The molecule has 0 aliphatic rings. The first kappa shape index (κ1) is 12.0. The molecule has 1 atom stereocenters. The molecule has 17 heavy (non-hydrogen) atoms. The summed E-state index contributed by atoms with van der Waals surface area (Å²) in [6.45, 7) is 1.96. The first-order chi connectivity index (χ1) is 8.06. The highest BCUT2D eigenvalue weighted by molar-refractivity contribution is 6.31. The summed E-state index contributed by atoms with van der Waals surface area (Å²) in [5.74, 6) is 0.636. The second kappa shape index (κ2) is 4.81. The van der Waals surface area contributed by atoms with Gasteiger partial charge < -0.3 is 5.73 Å². The number of hydrogen-bond donors (Lipinski definition) is 1. The molecule has 6 heteroatoms. The average Bonchev–Trinajstić information content (AvgIpc) is 2.68. The lowest BCUT2D eigenvalue weighted by atomic mass is 10.0. The molecule has 2 aromatic rings. The number of aryl methyl sites for hydroxylation is 2. The molecule has 0 aliphatic carbocycles. The predicted molar refractivity (Wildman–Crippen MR) is 65.6 cm³/mol. The van der Waals surface area contributed by atoms with Crippen LogP contribution in [0.5, 0.6) is 0 Å². The number of nitrogens with zero attached hydrogens (tertiary/aromatic N) is 4. The number of nitrogens with two attached hydrogens (primary N) is 1. The van der Waals surface area contributed by atoms with E-state index in [1.807, 2.05) is 25.1 Å². The van der Waals surface area contributed by atoms with Gasteiger partial charge in [0.1, 0.15) is 0 Å². The second-order valence-electron chi connectivity index (χ2n) is 4.01. The Bertz CT molecular complexity index is 522. The zero-order chi connectivity index (χ0) is 12.4. The van der Waals surface area contributed by atoms with Gasteiger partial charge in [-0.2, -0.15) is 4.80 Å². The van der Waals surface area contributed by atoms with Gasteiger partial charge in [0, 0.05) is 17.5 Å². The predicted octanol–water partition coefficient (Wildman–Crippen LogP) is 1.41. The van der Waals surface area contributed by atoms with Crippen molar-refractivity contribution in [2.75, 3.05) is 0 Å². The van der Waals surface area contributed by atoms with Crippen LogP contribution in [0.4, 0.5) is 0 Å². The van der Waals surface area contributed by atoms with Crippen molar-refractivity contribution < 1.29 is 0 Å². The zero-order valence-corrected chi connectivity index (χ0v) is 10.5. The molecule has 0 bridgehead atoms. The Balaban J connectivity index is 2.14. The van der Waals surface area contributed by atoms with Crippen molar-refractivity contribution in [3.05, 3.63) is 40.2 Å². The summed E-state index contributed by atoms with van der Waals surface area (Å²) in [4.78, 5) is 1.42. The lowest BCUT2D eigenvalue weighted by molar-refractivity contribution is 0.622. The molecule has 0 radical (unpaired) electrons. The van der Waals surface area contributed by atoms with E-state index >= 15 is 0 Å². The van der Waals surface area contributed by atoms with E-state index in [9.17, 15) is 0 Å². The number of aromatic nitrogens is 4. The Kier molecular flexibility index (Phi) is 3.40. The van der Waals surface area contributed by atoms with Crippen LogP contribution in [-0.2, 0) is 13.5 Å². The van der Waals surface area contributed by atoms with Crippen LogP contribution in [0.1, 0.15) is 23.0 Å². The Morgan fingerprint density at radius 3 is 2.82 bits per heavy atom. The molecule has 1 aromatic heterocycles. The number of benzene rings is 1. The molecule has 0 aliphatic heterocycles. The first-order valence-electron chi connectivity index (χ1n) is 5.31. The molecule has 1 unspecified atom stereocenters. The summed E-state index contributed by atoms with van der Waals surface area (Å²) in [7, 11) is 1.73. The molecule has 5 nitrogen and oxygen atoms in total. The van der Waals surface area contributed by atoms with Crippen LogP contribution in [0.15, 0.2) is 18.2 Å². The molecule has 1 heterocycles. The quantitative estimate of drug-likeness (QED) is 0.896. The summed E-state index contributed by atoms with van der Waals surface area (Å²) in [6.07, 6.45) is 0.549. The van der Waals surface area contributed by atoms with Gasteiger partial charge in [-0.05, 0) is 29.3 Å². The molecule has 0 fully saturated rings. The first-order valence-corrected chi connectivity index (χ1v) is 5.68. The summed E-state index contributed by atoms with van der Waals surface area (Å²) in [5.41, 5.74) is 8.10. The third-order valence-electron chi connectivity index (χ3n) is 2.58. The fourth-order valence-corrected chi connectivity index (χ4v) is 1.75. The Hall–Kier alpha value is -1.46. The highest BCUT2D eigenvalue weighted by atomic mass is 35.5. The molecule has 2 N–H and O–H groups in total. The third-order valence-corrected chi connectivity index (χ3v) is 2.98. The Labute approximate surface area is 105 Å². The Morgan fingerprint density at radius 1 is 1.47 bits per heavy atom. The van der Waals surface area contributed by atoms with Gasteiger partial charge in [0.15, 0.2) is 5.82 Å². The summed E-state index contributed by atoms with van der Waals surface area (Å²) in [5, 5.41) is 12.5. The minimum Gasteiger partial charge on any atom is -0.324 e. The molecule has 90 valence electrons. The van der Waals surface area contributed by atoms with E-state index in [4.69, 9.17) is 17.3 Å². The Morgan fingerprint density at radius 2 is 2.24 bits per heavy atom. The van der Waals surface area contributed by atoms with E-state index in [2.05, 4.69) is 15.4 Å². The van der Waals surface area contributed by atoms with Gasteiger partial charge in [-0.15, -0.1) is 10.2 Å². The maximum atomic E-state index is 6.08. The number of rotatable bonds is 3. The second-order valence-corrected chi connectivity index (χ2v) is 4.42. The molecule has 0 spiro atoms. The average molecular weight is 252 g/mol. The summed E-state index contributed by atoms with van der Waals surface area (Å²) >= 11 is 6.06. The minimum atomic E-state index is -0.169. The molecular weight excluding hydrogens is 238 g/mol. The van der Waals surface area contributed by atoms with Crippen LogP contribution in [0.3, 0.4) is 0 Å². The van der Waals surface area contributed by atoms with E-state index < -0.39 is 0 Å². The highest BCUT2D eigenvalue weighted by Gasteiger charge is 2.11. The van der Waals surface area contributed by atoms with Crippen molar-refractivity contribution in [3.63, 3.8) is 0 Å². The summed E-state index contributed by atoms with van der Waals surface area (Å²) in [6, 6.07) is 5.65. The zero-order valence-electron chi connectivity index (χ0n) is 9.76. The van der Waals surface area contributed by atoms with E-state index in [-0.39, 0.29) is 6.04 Å². The van der Waals surface area contributed by atoms with E-state index in [0.29, 0.717) is 12.2 Å². The van der Waals surface area contributed by atoms with Gasteiger partial charge >= 0.3 is 0 Å². The monoisotopic (exact) mass is 251 g/mol. The summed E-state index contributed by atoms with van der Waals surface area (Å²) < 4.78 is 0. The van der Waals surface area contributed by atoms with Gasteiger partial charge in [-0.25, -0.2) is 0 Å². The molecular formula is C11H14ClN5. The molecule has 0 saturated heterocycles. The van der Waals surface area contributed by atoms with Crippen LogP contribution in [0.25, 0.3) is 0 Å². The van der Waals surface area contributed by atoms with Gasteiger partial charge in [0.05, 0.1) is 7.05 Å². The van der Waals surface area contributed by atoms with Gasteiger partial charge in [-0.1, -0.05) is 23.7 Å². The lowest BCUT2D eigenvalue weighted by Crippen LogP contribution is -2.14. The van der Waals surface area contributed by atoms with Gasteiger partial charge in [0.25, 0.3) is 0 Å². The molecule has 2 rings (SSSR count). The van der Waals surface area contributed by atoms with Crippen molar-refractivity contribution in [1.82, 2.24) is 20.2 Å². The smallest absolute Gasteiger partial charge is 0.176 e. The number of halogens is 1. The van der Waals surface area contributed by atoms with Crippen LogP contribution in [0, 0.1) is 6.92 Å². The lowest BCUT2D eigenvalue weighted by Gasteiger charge is -2.10. The van der Waals surface area contributed by atoms with Crippen LogP contribution in [-0.4, -0.2) is 20.2 Å². The largest absolute Gasteiger partial charge is 0.324 e. The number of hydrogen-bond acceptors (Lipinski definition) is 4. The van der Waals surface area contributed by atoms with Crippen LogP contribution >= 0.6 is 11.6 Å². The SMILES string of the molecule is Cc1ccc(C(N)Cc2nnn(C)n2)cc1Cl. The highest BCUT2D eigenvalue weighted by Crippen LogP contribution is 2.21. The van der Waals surface area contributed by atoms with Gasteiger partial charge in [-0.3, -0.25) is 0 Å². The molecule has 0 saturated carbocycles. The van der Waals surface area contributed by atoms with Gasteiger partial charge in [0.2, 0.25) is 0 Å². The topological polar surface area (TPSA) is 69.6 Å². The number of tetrazole rings is 1. The van der Waals surface area contributed by atoms with Crippen molar-refractivity contribution in [2.45, 2.75) is 19.4 Å². The standard InChI is InChI=1S/C11H14ClN5/c1-7-3-4-8(5-9(7)12)10(13)6-11-14-16-17(2)15-11/h3-5,10H,6,13H2,1-2H3. The van der Waals surface area contributed by atoms with E-state index in [1.165, 1.54) is 4.80 Å². The molecule has 0 amide bonds. The van der Waals surface area contributed by atoms with E-state index in [1.54, 1.807) is 7.05 Å². The van der Waals surface area contributed by atoms with Crippen LogP contribution in [0.2, 0.25) is 5.02 Å². The maximum Gasteiger partial charge on any atom is 0.176 e. The van der Waals surface area contributed by atoms with Crippen molar-refractivity contribution in [1.29, 1.82) is 0 Å². The van der Waals surface area contributed by atoms with Crippen LogP contribution < -0.4 is 5.73 Å². The maximum absolute atomic E-state index is 6.08. The minimum absolute atomic E-state index is 0.169. The molecule has 1 aromatic carbocycles.